The zero-order valence-corrected chi connectivity index (χ0v) is 11.4. The molecule has 2 aromatic rings. The van der Waals surface area contributed by atoms with Crippen molar-refractivity contribution in [3.63, 3.8) is 0 Å². The van der Waals surface area contributed by atoms with Crippen LogP contribution in [0, 0.1) is 11.6 Å². The maximum absolute atomic E-state index is 13.4. The van der Waals surface area contributed by atoms with Crippen LogP contribution in [0.5, 0.6) is 0 Å². The van der Waals surface area contributed by atoms with Gasteiger partial charge in [-0.25, -0.2) is 13.8 Å². The van der Waals surface area contributed by atoms with Crippen molar-refractivity contribution in [1.82, 2.24) is 4.98 Å². The number of pyridine rings is 1. The van der Waals surface area contributed by atoms with Crippen molar-refractivity contribution in [2.45, 2.75) is 6.42 Å². The van der Waals surface area contributed by atoms with Crippen molar-refractivity contribution >= 4 is 17.4 Å². The van der Waals surface area contributed by atoms with E-state index in [1.165, 1.54) is 17.0 Å². The van der Waals surface area contributed by atoms with Crippen LogP contribution in [0.1, 0.15) is 15.9 Å². The lowest BCUT2D eigenvalue weighted by Crippen LogP contribution is -2.30. The predicted octanol–water partition coefficient (Wildman–Crippen LogP) is 2.60. The van der Waals surface area contributed by atoms with E-state index < -0.39 is 17.5 Å². The van der Waals surface area contributed by atoms with Crippen LogP contribution in [0.25, 0.3) is 0 Å². The second-order valence-electron chi connectivity index (χ2n) is 4.78. The fraction of sp³-hybridized carbons (Fsp3) is 0.200. The number of hydrogen-bond acceptors (Lipinski definition) is 3. The highest BCUT2D eigenvalue weighted by atomic mass is 19.1. The number of carbonyl (C=O) groups excluding carboxylic acids is 1. The molecular weight excluding hydrogens is 276 g/mol. The van der Waals surface area contributed by atoms with Gasteiger partial charge in [0, 0.05) is 13.6 Å². The van der Waals surface area contributed by atoms with E-state index >= 15 is 0 Å². The first-order valence-corrected chi connectivity index (χ1v) is 6.53. The molecule has 0 saturated carbocycles. The number of nitrogens with one attached hydrogen (secondary N) is 1. The van der Waals surface area contributed by atoms with E-state index in [-0.39, 0.29) is 5.56 Å². The Hall–Kier alpha value is -2.50. The summed E-state index contributed by atoms with van der Waals surface area (Å²) in [5, 5.41) is 2.76. The molecular formula is C15H13F2N3O. The molecule has 0 spiro atoms. The highest BCUT2D eigenvalue weighted by Gasteiger charge is 2.28. The van der Waals surface area contributed by atoms with Crippen LogP contribution in [0.2, 0.25) is 0 Å². The molecule has 0 saturated heterocycles. The number of nitrogens with zero attached hydrogens (tertiary/aromatic N) is 2. The Morgan fingerprint density at radius 3 is 2.86 bits per heavy atom. The summed E-state index contributed by atoms with van der Waals surface area (Å²) in [4.78, 5) is 17.9. The van der Waals surface area contributed by atoms with E-state index in [0.29, 0.717) is 24.5 Å². The number of benzene rings is 1. The summed E-state index contributed by atoms with van der Waals surface area (Å²) >= 11 is 0. The minimum atomic E-state index is -0.587. The van der Waals surface area contributed by atoms with E-state index in [2.05, 4.69) is 10.3 Å². The van der Waals surface area contributed by atoms with Gasteiger partial charge in [0.05, 0.1) is 17.4 Å². The maximum Gasteiger partial charge on any atom is 0.262 e. The quantitative estimate of drug-likeness (QED) is 0.924. The van der Waals surface area contributed by atoms with E-state index in [0.717, 1.165) is 17.8 Å². The van der Waals surface area contributed by atoms with Crippen LogP contribution in [0.4, 0.5) is 20.3 Å². The van der Waals surface area contributed by atoms with Gasteiger partial charge in [0.15, 0.2) is 0 Å². The van der Waals surface area contributed by atoms with Crippen LogP contribution in [0.15, 0.2) is 30.5 Å². The number of fused-ring (bicyclic) bond motifs is 1. The van der Waals surface area contributed by atoms with Gasteiger partial charge in [0.2, 0.25) is 0 Å². The second-order valence-corrected chi connectivity index (χ2v) is 4.78. The summed E-state index contributed by atoms with van der Waals surface area (Å²) in [5.74, 6) is -1.09. The number of anilines is 2. The molecule has 0 aliphatic carbocycles. The lowest BCUT2D eigenvalue weighted by Gasteiger charge is -2.18. The van der Waals surface area contributed by atoms with Crippen molar-refractivity contribution in [2.75, 3.05) is 23.8 Å². The number of rotatable bonds is 2. The molecule has 0 bridgehead atoms. The van der Waals surface area contributed by atoms with Crippen LogP contribution >= 0.6 is 0 Å². The van der Waals surface area contributed by atoms with Crippen molar-refractivity contribution in [3.05, 3.63) is 53.2 Å². The number of hydrogen-bond donors (Lipinski definition) is 1. The van der Waals surface area contributed by atoms with E-state index in [9.17, 15) is 13.6 Å². The van der Waals surface area contributed by atoms with Gasteiger partial charge in [-0.2, -0.15) is 0 Å². The van der Waals surface area contributed by atoms with Gasteiger partial charge in [0.1, 0.15) is 17.5 Å². The third-order valence-corrected chi connectivity index (χ3v) is 3.51. The lowest BCUT2D eigenvalue weighted by atomic mass is 10.1. The van der Waals surface area contributed by atoms with Gasteiger partial charge >= 0.3 is 0 Å². The van der Waals surface area contributed by atoms with E-state index in [1.54, 1.807) is 13.1 Å². The number of carbonyl (C=O) groups is 1. The Labute approximate surface area is 120 Å². The minimum absolute atomic E-state index is 0.134. The molecule has 0 unspecified atom stereocenters. The first-order chi connectivity index (χ1) is 10.1. The highest BCUT2D eigenvalue weighted by molar-refractivity contribution is 6.10. The van der Waals surface area contributed by atoms with Gasteiger partial charge < -0.3 is 10.2 Å². The van der Waals surface area contributed by atoms with Crippen molar-refractivity contribution in [1.29, 1.82) is 0 Å². The van der Waals surface area contributed by atoms with Crippen LogP contribution < -0.4 is 10.2 Å². The number of halogens is 2. The first-order valence-electron chi connectivity index (χ1n) is 6.53. The van der Waals surface area contributed by atoms with Crippen LogP contribution in [0.3, 0.4) is 0 Å². The third-order valence-electron chi connectivity index (χ3n) is 3.51. The Bertz CT molecular complexity index is 718. The zero-order valence-electron chi connectivity index (χ0n) is 11.4. The topological polar surface area (TPSA) is 45.2 Å². The summed E-state index contributed by atoms with van der Waals surface area (Å²) in [7, 11) is 1.61. The van der Waals surface area contributed by atoms with Gasteiger partial charge in [0.25, 0.3) is 5.91 Å². The second kappa shape index (κ2) is 5.12. The Morgan fingerprint density at radius 2 is 2.10 bits per heavy atom. The smallest absolute Gasteiger partial charge is 0.262 e. The predicted molar refractivity (Wildman–Crippen MR) is 75.5 cm³/mol. The Kier molecular flexibility index (Phi) is 3.29. The Balaban J connectivity index is 2.02. The van der Waals surface area contributed by atoms with Gasteiger partial charge in [-0.05, 0) is 30.2 Å². The largest absolute Gasteiger partial charge is 0.372 e. The number of amides is 1. The lowest BCUT2D eigenvalue weighted by molar-refractivity contribution is 0.0989. The summed E-state index contributed by atoms with van der Waals surface area (Å²) in [6.07, 6.45) is 1.69. The third kappa shape index (κ3) is 2.33. The number of aromatic nitrogens is 1. The molecule has 1 N–H and O–H groups in total. The van der Waals surface area contributed by atoms with Gasteiger partial charge in [-0.1, -0.05) is 6.07 Å². The van der Waals surface area contributed by atoms with Crippen molar-refractivity contribution < 1.29 is 13.6 Å². The summed E-state index contributed by atoms with van der Waals surface area (Å²) in [6, 6.07) is 5.50. The average molecular weight is 289 g/mol. The molecule has 0 fully saturated rings. The first kappa shape index (κ1) is 13.5. The Morgan fingerprint density at radius 1 is 1.29 bits per heavy atom. The summed E-state index contributed by atoms with van der Waals surface area (Å²) < 4.78 is 26.8. The molecule has 108 valence electrons. The standard InChI is InChI=1S/C15H13F2N3O/c1-18-14-12(6-11(17)8-19-14)15(21)20-5-4-9-2-3-10(16)7-13(9)20/h2-3,6-8H,4-5H2,1H3,(H,18,19). The average Bonchev–Trinajstić information content (AvgIpc) is 2.89. The highest BCUT2D eigenvalue weighted by Crippen LogP contribution is 2.31. The fourth-order valence-corrected chi connectivity index (χ4v) is 2.51. The molecule has 3 rings (SSSR count). The molecule has 4 nitrogen and oxygen atoms in total. The SMILES string of the molecule is CNc1ncc(F)cc1C(=O)N1CCc2ccc(F)cc21. The molecule has 1 aromatic heterocycles. The molecule has 2 heterocycles. The fourth-order valence-electron chi connectivity index (χ4n) is 2.51. The normalized spacial score (nSPS) is 13.2. The summed E-state index contributed by atoms with van der Waals surface area (Å²) in [6.45, 7) is 0.442. The monoisotopic (exact) mass is 289 g/mol. The maximum atomic E-state index is 13.4. The van der Waals surface area contributed by atoms with Crippen molar-refractivity contribution in [3.8, 4) is 0 Å². The molecule has 1 aliphatic heterocycles. The van der Waals surface area contributed by atoms with E-state index in [1.807, 2.05) is 0 Å². The molecule has 1 aromatic carbocycles. The van der Waals surface area contributed by atoms with Gasteiger partial charge in [-0.3, -0.25) is 4.79 Å². The van der Waals surface area contributed by atoms with Gasteiger partial charge in [-0.15, -0.1) is 0 Å². The zero-order chi connectivity index (χ0) is 15.0. The molecule has 6 heteroatoms. The molecule has 1 aliphatic rings. The molecule has 21 heavy (non-hydrogen) atoms. The molecule has 0 radical (unpaired) electrons. The van der Waals surface area contributed by atoms with Crippen LogP contribution in [-0.2, 0) is 6.42 Å². The molecule has 1 amide bonds. The molecule has 0 atom stereocenters. The van der Waals surface area contributed by atoms with Crippen molar-refractivity contribution in [2.24, 2.45) is 0 Å². The van der Waals surface area contributed by atoms with Crippen LogP contribution in [-0.4, -0.2) is 24.5 Å². The summed E-state index contributed by atoms with van der Waals surface area (Å²) in [5.41, 5.74) is 1.57. The minimum Gasteiger partial charge on any atom is -0.372 e. The van der Waals surface area contributed by atoms with E-state index in [4.69, 9.17) is 0 Å².